The van der Waals surface area contributed by atoms with Gasteiger partial charge in [-0.3, -0.25) is 4.79 Å². The van der Waals surface area contributed by atoms with E-state index in [4.69, 9.17) is 4.74 Å². The highest BCUT2D eigenvalue weighted by Crippen LogP contribution is 2.15. The van der Waals surface area contributed by atoms with Gasteiger partial charge in [-0.15, -0.1) is 0 Å². The maximum atomic E-state index is 12.0. The van der Waals surface area contributed by atoms with Crippen molar-refractivity contribution in [1.82, 2.24) is 0 Å². The van der Waals surface area contributed by atoms with E-state index >= 15 is 0 Å². The zero-order valence-corrected chi connectivity index (χ0v) is 12.6. The van der Waals surface area contributed by atoms with E-state index < -0.39 is 21.6 Å². The van der Waals surface area contributed by atoms with Gasteiger partial charge < -0.3 is 4.74 Å². The predicted molar refractivity (Wildman–Crippen MR) is 73.6 cm³/mol. The molecule has 0 amide bonds. The van der Waals surface area contributed by atoms with Crippen molar-refractivity contribution >= 4 is 15.8 Å². The Morgan fingerprint density at radius 3 is 2.16 bits per heavy atom. The third-order valence-electron chi connectivity index (χ3n) is 2.35. The van der Waals surface area contributed by atoms with Gasteiger partial charge >= 0.3 is 5.97 Å². The molecule has 19 heavy (non-hydrogen) atoms. The summed E-state index contributed by atoms with van der Waals surface area (Å²) in [7, 11) is -3.62. The fourth-order valence-electron chi connectivity index (χ4n) is 1.32. The van der Waals surface area contributed by atoms with Crippen molar-refractivity contribution in [2.45, 2.75) is 32.6 Å². The highest BCUT2D eigenvalue weighted by atomic mass is 32.2. The van der Waals surface area contributed by atoms with Crippen LogP contribution in [0.2, 0.25) is 0 Å². The van der Waals surface area contributed by atoms with E-state index in [0.717, 1.165) is 5.56 Å². The Morgan fingerprint density at radius 1 is 1.16 bits per heavy atom. The van der Waals surface area contributed by atoms with Gasteiger partial charge in [-0.25, -0.2) is 8.42 Å². The molecule has 0 aliphatic rings. The minimum atomic E-state index is -3.62. The van der Waals surface area contributed by atoms with Crippen LogP contribution in [0.5, 0.6) is 0 Å². The van der Waals surface area contributed by atoms with Crippen LogP contribution < -0.4 is 0 Å². The fourth-order valence-corrected chi connectivity index (χ4v) is 2.43. The van der Waals surface area contributed by atoms with Crippen LogP contribution >= 0.6 is 0 Å². The van der Waals surface area contributed by atoms with Crippen LogP contribution in [0.4, 0.5) is 0 Å². The molecule has 5 heteroatoms. The first kappa shape index (κ1) is 15.7. The minimum absolute atomic E-state index is 0.144. The van der Waals surface area contributed by atoms with Gasteiger partial charge in [0.15, 0.2) is 15.6 Å². The Hall–Kier alpha value is -1.36. The smallest absolute Gasteiger partial charge is 0.321 e. The second kappa shape index (κ2) is 5.74. The van der Waals surface area contributed by atoms with Gasteiger partial charge in [0.1, 0.15) is 0 Å². The Bertz CT molecular complexity index is 536. The molecule has 0 spiro atoms. The number of ether oxygens (including phenoxy) is 1. The molecule has 0 aliphatic carbocycles. The van der Waals surface area contributed by atoms with Crippen molar-refractivity contribution in [3.05, 3.63) is 29.8 Å². The molecule has 0 radical (unpaired) electrons. The number of rotatable bonds is 4. The molecule has 0 N–H and O–H groups in total. The van der Waals surface area contributed by atoms with E-state index in [0.29, 0.717) is 0 Å². The molecular formula is C14H20O4S. The Labute approximate surface area is 114 Å². The lowest BCUT2D eigenvalue weighted by Gasteiger charge is -2.17. The Balaban J connectivity index is 2.70. The molecular weight excluding hydrogens is 264 g/mol. The Kier molecular flexibility index (Phi) is 4.74. The summed E-state index contributed by atoms with van der Waals surface area (Å²) in [6.07, 6.45) is 0. The first-order valence-corrected chi connectivity index (χ1v) is 7.70. The van der Waals surface area contributed by atoms with Crippen LogP contribution in [0, 0.1) is 12.3 Å². The molecule has 0 bridgehead atoms. The quantitative estimate of drug-likeness (QED) is 0.796. The SMILES string of the molecule is Cc1ccc(S(=O)(=O)CC(=O)OCC(C)(C)C)cc1. The summed E-state index contributed by atoms with van der Waals surface area (Å²) < 4.78 is 28.9. The number of carbonyl (C=O) groups excluding carboxylic acids is 1. The van der Waals surface area contributed by atoms with E-state index in [-0.39, 0.29) is 16.9 Å². The first-order chi connectivity index (χ1) is 8.60. The van der Waals surface area contributed by atoms with E-state index in [1.165, 1.54) is 12.1 Å². The van der Waals surface area contributed by atoms with Gasteiger partial charge in [0.25, 0.3) is 0 Å². The number of aryl methyl sites for hydroxylation is 1. The molecule has 0 heterocycles. The molecule has 0 aliphatic heterocycles. The molecule has 0 fully saturated rings. The molecule has 0 unspecified atom stereocenters. The molecule has 0 saturated heterocycles. The van der Waals surface area contributed by atoms with E-state index in [2.05, 4.69) is 0 Å². The fraction of sp³-hybridized carbons (Fsp3) is 0.500. The van der Waals surface area contributed by atoms with Gasteiger partial charge in [-0.2, -0.15) is 0 Å². The van der Waals surface area contributed by atoms with Crippen LogP contribution in [0.1, 0.15) is 26.3 Å². The monoisotopic (exact) mass is 284 g/mol. The normalized spacial score (nSPS) is 12.2. The van der Waals surface area contributed by atoms with Crippen LogP contribution in [0.15, 0.2) is 29.2 Å². The van der Waals surface area contributed by atoms with Crippen molar-refractivity contribution in [2.24, 2.45) is 5.41 Å². The summed E-state index contributed by atoms with van der Waals surface area (Å²) in [5.74, 6) is -1.33. The van der Waals surface area contributed by atoms with Gasteiger partial charge in [-0.1, -0.05) is 38.5 Å². The standard InChI is InChI=1S/C14H20O4S/c1-11-5-7-12(8-6-11)19(16,17)9-13(15)18-10-14(2,3)4/h5-8H,9-10H2,1-4H3. The first-order valence-electron chi connectivity index (χ1n) is 6.05. The highest BCUT2D eigenvalue weighted by Gasteiger charge is 2.22. The van der Waals surface area contributed by atoms with Crippen LogP contribution in [0.3, 0.4) is 0 Å². The predicted octanol–water partition coefficient (Wildman–Crippen LogP) is 2.36. The number of sulfone groups is 1. The van der Waals surface area contributed by atoms with Gasteiger partial charge in [0.05, 0.1) is 11.5 Å². The summed E-state index contributed by atoms with van der Waals surface area (Å²) >= 11 is 0. The lowest BCUT2D eigenvalue weighted by Crippen LogP contribution is -2.23. The topological polar surface area (TPSA) is 60.4 Å². The van der Waals surface area contributed by atoms with Crippen molar-refractivity contribution in [2.75, 3.05) is 12.4 Å². The lowest BCUT2D eigenvalue weighted by atomic mass is 9.99. The van der Waals surface area contributed by atoms with Crippen LogP contribution in [-0.2, 0) is 19.4 Å². The Morgan fingerprint density at radius 2 is 1.68 bits per heavy atom. The maximum absolute atomic E-state index is 12.0. The summed E-state index contributed by atoms with van der Waals surface area (Å²) in [6, 6.07) is 6.41. The molecule has 1 aromatic carbocycles. The van der Waals surface area contributed by atoms with Crippen LogP contribution in [-0.4, -0.2) is 26.7 Å². The molecule has 4 nitrogen and oxygen atoms in total. The summed E-state index contributed by atoms with van der Waals surface area (Å²) in [5.41, 5.74) is 0.790. The molecule has 0 atom stereocenters. The summed E-state index contributed by atoms with van der Waals surface area (Å²) in [5, 5.41) is 0. The lowest BCUT2D eigenvalue weighted by molar-refractivity contribution is -0.143. The van der Waals surface area contributed by atoms with E-state index in [1.807, 2.05) is 27.7 Å². The van der Waals surface area contributed by atoms with E-state index in [1.54, 1.807) is 12.1 Å². The molecule has 0 aromatic heterocycles. The minimum Gasteiger partial charge on any atom is -0.464 e. The third-order valence-corrected chi connectivity index (χ3v) is 3.96. The second-order valence-electron chi connectivity index (χ2n) is 5.79. The van der Waals surface area contributed by atoms with Crippen LogP contribution in [0.25, 0.3) is 0 Å². The van der Waals surface area contributed by atoms with Crippen molar-refractivity contribution in [3.63, 3.8) is 0 Å². The maximum Gasteiger partial charge on any atom is 0.321 e. The summed E-state index contributed by atoms with van der Waals surface area (Å²) in [4.78, 5) is 11.7. The van der Waals surface area contributed by atoms with Crippen molar-refractivity contribution in [1.29, 1.82) is 0 Å². The summed E-state index contributed by atoms with van der Waals surface area (Å²) in [6.45, 7) is 7.81. The van der Waals surface area contributed by atoms with Gasteiger partial charge in [0, 0.05) is 0 Å². The molecule has 0 saturated carbocycles. The zero-order chi connectivity index (χ0) is 14.7. The van der Waals surface area contributed by atoms with Crippen molar-refractivity contribution in [3.8, 4) is 0 Å². The number of carbonyl (C=O) groups is 1. The second-order valence-corrected chi connectivity index (χ2v) is 7.78. The number of benzene rings is 1. The zero-order valence-electron chi connectivity index (χ0n) is 11.8. The largest absolute Gasteiger partial charge is 0.464 e. The van der Waals surface area contributed by atoms with E-state index in [9.17, 15) is 13.2 Å². The van der Waals surface area contributed by atoms with Gasteiger partial charge in [-0.05, 0) is 24.5 Å². The highest BCUT2D eigenvalue weighted by molar-refractivity contribution is 7.92. The third kappa shape index (κ3) is 5.42. The average Bonchev–Trinajstić information content (AvgIpc) is 2.25. The molecule has 1 rings (SSSR count). The van der Waals surface area contributed by atoms with Crippen molar-refractivity contribution < 1.29 is 17.9 Å². The number of esters is 1. The number of hydrogen-bond acceptors (Lipinski definition) is 4. The molecule has 1 aromatic rings. The van der Waals surface area contributed by atoms with Gasteiger partial charge in [0.2, 0.25) is 0 Å². The average molecular weight is 284 g/mol. The molecule has 106 valence electrons. The number of hydrogen-bond donors (Lipinski definition) is 0.